The zero-order valence-electron chi connectivity index (χ0n) is 17.6. The molecule has 0 radical (unpaired) electrons. The Morgan fingerprint density at radius 2 is 1.07 bits per heavy atom. The van der Waals surface area contributed by atoms with Crippen molar-refractivity contribution >= 4 is 15.3 Å². The molecule has 0 bridgehead atoms. The summed E-state index contributed by atoms with van der Waals surface area (Å²) in [5.74, 6) is 0.721. The fourth-order valence-corrected chi connectivity index (χ4v) is 6.58. The van der Waals surface area contributed by atoms with E-state index in [-0.39, 0.29) is 0 Å². The van der Waals surface area contributed by atoms with Gasteiger partial charge in [-0.15, -0.1) is 4.85 Å². The molecule has 2 aromatic rings. The summed E-state index contributed by atoms with van der Waals surface area (Å²) in [7, 11) is 5.12. The summed E-state index contributed by atoms with van der Waals surface area (Å²) in [4.78, 5) is 8.33. The summed E-state index contributed by atoms with van der Waals surface area (Å²) in [5, 5.41) is 3.93. The predicted octanol–water partition coefficient (Wildman–Crippen LogP) is 5.25. The van der Waals surface area contributed by atoms with Gasteiger partial charge in [0.25, 0.3) is 0 Å². The van der Waals surface area contributed by atoms with Gasteiger partial charge >= 0.3 is 7.75 Å². The van der Waals surface area contributed by atoms with Gasteiger partial charge in [-0.1, -0.05) is 36.4 Å². The molecule has 0 N–H and O–H groups in total. The molecule has 0 atom stereocenters. The Morgan fingerprint density at radius 3 is 1.41 bits per heavy atom. The van der Waals surface area contributed by atoms with Crippen molar-refractivity contribution < 1.29 is 13.6 Å². The van der Waals surface area contributed by atoms with Crippen LogP contribution in [0.1, 0.15) is 0 Å². The van der Waals surface area contributed by atoms with Crippen molar-refractivity contribution in [1.29, 1.82) is 0 Å². The standard InChI is InChI=1S/C18H28N6O3P2/c1-22(2)28(23(3)4,24(5)6)20-19-21-29(25,26-17-13-9-7-10-14-17)27-18-15-11-8-12-16-18/h7-16H,1-6H3. The van der Waals surface area contributed by atoms with Crippen LogP contribution in [-0.4, -0.2) is 56.3 Å². The average Bonchev–Trinajstić information content (AvgIpc) is 2.66. The van der Waals surface area contributed by atoms with Crippen LogP contribution in [0.15, 0.2) is 75.6 Å². The number of hydrogen-bond acceptors (Lipinski definition) is 3. The normalized spacial score (nSPS) is 12.7. The molecule has 0 fully saturated rings. The lowest BCUT2D eigenvalue weighted by Crippen LogP contribution is -2.30. The highest BCUT2D eigenvalue weighted by atomic mass is 31.2. The third kappa shape index (κ3) is 5.98. The van der Waals surface area contributed by atoms with Gasteiger partial charge in [-0.25, -0.2) is 4.57 Å². The van der Waals surface area contributed by atoms with Gasteiger partial charge in [0.2, 0.25) is 0 Å². The molecule has 0 aliphatic rings. The quantitative estimate of drug-likeness (QED) is 0.302. The molecule has 29 heavy (non-hydrogen) atoms. The largest absolute Gasteiger partial charge is 0.583 e. The van der Waals surface area contributed by atoms with Gasteiger partial charge in [-0.2, -0.15) is 0 Å². The maximum absolute atomic E-state index is 13.4. The van der Waals surface area contributed by atoms with Gasteiger partial charge in [-0.05, 0) is 76.7 Å². The fraction of sp³-hybridized carbons (Fsp3) is 0.333. The van der Waals surface area contributed by atoms with E-state index in [1.807, 2.05) is 68.4 Å². The third-order valence-corrected chi connectivity index (χ3v) is 8.57. The molecule has 2 rings (SSSR count). The Morgan fingerprint density at radius 1 is 0.690 bits per heavy atom. The van der Waals surface area contributed by atoms with E-state index in [4.69, 9.17) is 9.05 Å². The molecule has 0 aliphatic heterocycles. The van der Waals surface area contributed by atoms with E-state index in [0.29, 0.717) is 11.5 Å². The van der Waals surface area contributed by atoms with Gasteiger partial charge < -0.3 is 9.05 Å². The minimum atomic E-state index is -4.01. The lowest BCUT2D eigenvalue weighted by atomic mass is 10.3. The van der Waals surface area contributed by atoms with Crippen LogP contribution in [0.5, 0.6) is 11.5 Å². The second-order valence-electron chi connectivity index (χ2n) is 6.62. The second-order valence-corrected chi connectivity index (χ2v) is 11.8. The summed E-state index contributed by atoms with van der Waals surface area (Å²) in [5.41, 5.74) is 0. The summed E-state index contributed by atoms with van der Waals surface area (Å²) in [6.45, 7) is 0. The van der Waals surface area contributed by atoms with Crippen LogP contribution in [0.2, 0.25) is 0 Å². The molecule has 0 saturated carbocycles. The Balaban J connectivity index is 2.44. The van der Waals surface area contributed by atoms with Crippen LogP contribution in [-0.2, 0) is 4.57 Å². The van der Waals surface area contributed by atoms with Crippen molar-refractivity contribution in [2.24, 2.45) is 15.0 Å². The summed E-state index contributed by atoms with van der Waals surface area (Å²) in [6.07, 6.45) is 0. The van der Waals surface area contributed by atoms with Crippen molar-refractivity contribution in [3.8, 4) is 11.5 Å². The SMILES string of the molecule is CN(C)P(=NN=NP(=O)(Oc1ccccc1)Oc1ccccc1)(N(C)C)N(C)C. The maximum Gasteiger partial charge on any atom is 0.583 e. The van der Waals surface area contributed by atoms with Gasteiger partial charge in [-0.3, -0.25) is 14.0 Å². The summed E-state index contributed by atoms with van der Waals surface area (Å²) >= 11 is 0. The fourth-order valence-electron chi connectivity index (χ4n) is 2.72. The Kier molecular flexibility index (Phi) is 8.14. The minimum absolute atomic E-state index is 0.361. The monoisotopic (exact) mass is 438 g/mol. The first-order valence-electron chi connectivity index (χ1n) is 8.86. The van der Waals surface area contributed by atoms with Gasteiger partial charge in [0, 0.05) is 0 Å². The van der Waals surface area contributed by atoms with Crippen LogP contribution in [0.25, 0.3) is 0 Å². The molecule has 0 saturated heterocycles. The lowest BCUT2D eigenvalue weighted by molar-refractivity contribution is 0.384. The van der Waals surface area contributed by atoms with Crippen molar-refractivity contribution in [2.75, 3.05) is 42.3 Å². The smallest absolute Gasteiger partial charge is 0.398 e. The Labute approximate surface area is 172 Å². The van der Waals surface area contributed by atoms with Crippen molar-refractivity contribution in [1.82, 2.24) is 14.0 Å². The first kappa shape index (κ1) is 23.3. The molecule has 11 heteroatoms. The molecular weight excluding hydrogens is 410 g/mol. The first-order valence-corrected chi connectivity index (χ1v) is 12.0. The molecule has 0 heterocycles. The number of para-hydroxylation sites is 2. The highest BCUT2D eigenvalue weighted by molar-refractivity contribution is 7.59. The van der Waals surface area contributed by atoms with E-state index < -0.39 is 15.3 Å². The second kappa shape index (κ2) is 10.1. The molecule has 0 spiro atoms. The summed E-state index contributed by atoms with van der Waals surface area (Å²) < 4.78 is 30.4. The average molecular weight is 438 g/mol. The van der Waals surface area contributed by atoms with E-state index in [2.05, 4.69) is 15.0 Å². The molecule has 0 aromatic heterocycles. The zero-order valence-corrected chi connectivity index (χ0v) is 19.4. The zero-order chi connectivity index (χ0) is 21.5. The van der Waals surface area contributed by atoms with E-state index in [9.17, 15) is 4.57 Å². The number of nitrogens with zero attached hydrogens (tertiary/aromatic N) is 6. The van der Waals surface area contributed by atoms with Gasteiger partial charge in [0.1, 0.15) is 11.5 Å². The Hall–Kier alpha value is -2.02. The highest BCUT2D eigenvalue weighted by Crippen LogP contribution is 2.56. The van der Waals surface area contributed by atoms with Gasteiger partial charge in [0.05, 0.1) is 0 Å². The van der Waals surface area contributed by atoms with Crippen LogP contribution in [0, 0.1) is 0 Å². The summed E-state index contributed by atoms with van der Waals surface area (Å²) in [6, 6.07) is 17.4. The number of hydrogen-bond donors (Lipinski definition) is 0. The lowest BCUT2D eigenvalue weighted by Gasteiger charge is -2.39. The van der Waals surface area contributed by atoms with E-state index in [1.54, 1.807) is 48.5 Å². The molecule has 2 aromatic carbocycles. The topological polar surface area (TPSA) is 82.3 Å². The van der Waals surface area contributed by atoms with Gasteiger partial charge in [0.15, 0.2) is 7.51 Å². The van der Waals surface area contributed by atoms with Crippen molar-refractivity contribution in [2.45, 2.75) is 0 Å². The van der Waals surface area contributed by atoms with Crippen molar-refractivity contribution in [3.63, 3.8) is 0 Å². The molecule has 0 amide bonds. The molecule has 158 valence electrons. The van der Waals surface area contributed by atoms with E-state index in [1.165, 1.54) is 0 Å². The minimum Gasteiger partial charge on any atom is -0.398 e. The molecule has 9 nitrogen and oxygen atoms in total. The molecular formula is C18H28N6O3P2. The maximum atomic E-state index is 13.4. The van der Waals surface area contributed by atoms with E-state index >= 15 is 0 Å². The van der Waals surface area contributed by atoms with Crippen molar-refractivity contribution in [3.05, 3.63) is 60.7 Å². The molecule has 0 aliphatic carbocycles. The third-order valence-electron chi connectivity index (χ3n) is 3.85. The highest BCUT2D eigenvalue weighted by Gasteiger charge is 2.31. The first-order chi connectivity index (χ1) is 13.7. The predicted molar refractivity (Wildman–Crippen MR) is 117 cm³/mol. The van der Waals surface area contributed by atoms with Crippen LogP contribution >= 0.6 is 15.3 Å². The van der Waals surface area contributed by atoms with E-state index in [0.717, 1.165) is 0 Å². The number of rotatable bonds is 9. The van der Waals surface area contributed by atoms with Crippen LogP contribution < -0.4 is 9.05 Å². The van der Waals surface area contributed by atoms with Crippen LogP contribution in [0.3, 0.4) is 0 Å². The number of benzene rings is 2. The van der Waals surface area contributed by atoms with Crippen LogP contribution in [0.4, 0.5) is 0 Å². The molecule has 0 unspecified atom stereocenters. The Bertz CT molecular complexity index is 830.